The third kappa shape index (κ3) is 3.35. The standard InChI is InChI=1S/C17H26N2O3/c1-2-10-19(12-13-7-5-6-11-21-13)17(20)16-14-8-3-4-9-15(14)22-18-16/h13H,2-12H2,1H3/t13-/m0/s1. The summed E-state index contributed by atoms with van der Waals surface area (Å²) in [6.07, 6.45) is 8.57. The van der Waals surface area contributed by atoms with E-state index in [1.54, 1.807) is 0 Å². The average molecular weight is 306 g/mol. The first-order valence-electron chi connectivity index (χ1n) is 8.68. The summed E-state index contributed by atoms with van der Waals surface area (Å²) < 4.78 is 11.2. The van der Waals surface area contributed by atoms with E-state index in [0.29, 0.717) is 12.2 Å². The number of rotatable bonds is 5. The molecule has 1 aromatic heterocycles. The van der Waals surface area contributed by atoms with E-state index >= 15 is 0 Å². The Bertz CT molecular complexity index is 506. The number of aryl methyl sites for hydroxylation is 1. The molecule has 122 valence electrons. The molecular formula is C17H26N2O3. The predicted molar refractivity (Wildman–Crippen MR) is 82.9 cm³/mol. The molecule has 1 fully saturated rings. The molecule has 1 aromatic rings. The molecule has 3 rings (SSSR count). The molecule has 5 nitrogen and oxygen atoms in total. The summed E-state index contributed by atoms with van der Waals surface area (Å²) in [5.41, 5.74) is 1.58. The van der Waals surface area contributed by atoms with Crippen LogP contribution in [-0.4, -0.2) is 41.8 Å². The Labute approximate surface area is 132 Å². The maximum Gasteiger partial charge on any atom is 0.276 e. The van der Waals surface area contributed by atoms with E-state index in [9.17, 15) is 4.79 Å². The predicted octanol–water partition coefficient (Wildman–Crippen LogP) is 2.97. The number of nitrogens with zero attached hydrogens (tertiary/aromatic N) is 2. The number of carbonyl (C=O) groups excluding carboxylic acids is 1. The Morgan fingerprint density at radius 3 is 2.91 bits per heavy atom. The normalized spacial score (nSPS) is 21.4. The van der Waals surface area contributed by atoms with E-state index < -0.39 is 0 Å². The fraction of sp³-hybridized carbons (Fsp3) is 0.765. The lowest BCUT2D eigenvalue weighted by atomic mass is 9.96. The van der Waals surface area contributed by atoms with Crippen molar-refractivity contribution in [3.63, 3.8) is 0 Å². The molecule has 1 saturated heterocycles. The fourth-order valence-electron chi connectivity index (χ4n) is 3.45. The largest absolute Gasteiger partial charge is 0.376 e. The van der Waals surface area contributed by atoms with Gasteiger partial charge in [0.15, 0.2) is 5.69 Å². The number of hydrogen-bond acceptors (Lipinski definition) is 4. The van der Waals surface area contributed by atoms with Gasteiger partial charge in [-0.3, -0.25) is 4.79 Å². The van der Waals surface area contributed by atoms with Crippen LogP contribution in [0, 0.1) is 0 Å². The van der Waals surface area contributed by atoms with Gasteiger partial charge in [-0.25, -0.2) is 0 Å². The maximum atomic E-state index is 12.9. The van der Waals surface area contributed by atoms with Gasteiger partial charge >= 0.3 is 0 Å². The van der Waals surface area contributed by atoms with Crippen LogP contribution in [0.15, 0.2) is 4.52 Å². The second kappa shape index (κ2) is 7.27. The van der Waals surface area contributed by atoms with Crippen LogP contribution < -0.4 is 0 Å². The molecule has 22 heavy (non-hydrogen) atoms. The topological polar surface area (TPSA) is 55.6 Å². The number of hydrogen-bond donors (Lipinski definition) is 0. The summed E-state index contributed by atoms with van der Waals surface area (Å²) in [6.45, 7) is 4.34. The summed E-state index contributed by atoms with van der Waals surface area (Å²) in [5.74, 6) is 0.933. The van der Waals surface area contributed by atoms with Crippen LogP contribution in [0.5, 0.6) is 0 Å². The van der Waals surface area contributed by atoms with Gasteiger partial charge in [0.05, 0.1) is 6.10 Å². The van der Waals surface area contributed by atoms with Gasteiger partial charge in [0, 0.05) is 31.7 Å². The first-order chi connectivity index (χ1) is 10.8. The number of aromatic nitrogens is 1. The number of ether oxygens (including phenoxy) is 1. The minimum atomic E-state index is 0.0166. The van der Waals surface area contributed by atoms with E-state index in [1.807, 2.05) is 4.90 Å². The van der Waals surface area contributed by atoms with Crippen molar-refractivity contribution in [3.8, 4) is 0 Å². The van der Waals surface area contributed by atoms with Crippen molar-refractivity contribution in [2.45, 2.75) is 64.4 Å². The number of fused-ring (bicyclic) bond motifs is 1. The molecule has 2 heterocycles. The quantitative estimate of drug-likeness (QED) is 0.839. The van der Waals surface area contributed by atoms with Crippen molar-refractivity contribution in [3.05, 3.63) is 17.0 Å². The third-order valence-electron chi connectivity index (χ3n) is 4.63. The Morgan fingerprint density at radius 1 is 1.27 bits per heavy atom. The Kier molecular flexibility index (Phi) is 5.13. The second-order valence-corrected chi connectivity index (χ2v) is 6.38. The molecule has 1 amide bonds. The van der Waals surface area contributed by atoms with Crippen molar-refractivity contribution < 1.29 is 14.1 Å². The molecule has 5 heteroatoms. The highest BCUT2D eigenvalue weighted by atomic mass is 16.5. The lowest BCUT2D eigenvalue weighted by molar-refractivity contribution is -0.00405. The van der Waals surface area contributed by atoms with Crippen molar-refractivity contribution in [1.29, 1.82) is 0 Å². The zero-order chi connectivity index (χ0) is 15.4. The molecule has 1 aliphatic heterocycles. The van der Waals surface area contributed by atoms with Crippen LogP contribution in [0.1, 0.15) is 67.3 Å². The molecule has 0 spiro atoms. The van der Waals surface area contributed by atoms with Crippen molar-refractivity contribution in [2.75, 3.05) is 19.7 Å². The summed E-state index contributed by atoms with van der Waals surface area (Å²) in [6, 6.07) is 0. The zero-order valence-electron chi connectivity index (χ0n) is 13.5. The lowest BCUT2D eigenvalue weighted by Crippen LogP contribution is -2.40. The summed E-state index contributed by atoms with van der Waals surface area (Å²) in [7, 11) is 0. The van der Waals surface area contributed by atoms with Crippen molar-refractivity contribution in [1.82, 2.24) is 10.1 Å². The van der Waals surface area contributed by atoms with E-state index in [-0.39, 0.29) is 12.0 Å². The zero-order valence-corrected chi connectivity index (χ0v) is 13.5. The number of amides is 1. The molecule has 2 aliphatic rings. The molecule has 0 bridgehead atoms. The minimum absolute atomic E-state index is 0.0166. The van der Waals surface area contributed by atoms with Crippen LogP contribution in [0.4, 0.5) is 0 Å². The van der Waals surface area contributed by atoms with Crippen LogP contribution in [0.2, 0.25) is 0 Å². The Hall–Kier alpha value is -1.36. The van der Waals surface area contributed by atoms with Crippen molar-refractivity contribution >= 4 is 5.91 Å². The van der Waals surface area contributed by atoms with Gasteiger partial charge in [-0.05, 0) is 44.9 Å². The van der Waals surface area contributed by atoms with Gasteiger partial charge in [-0.15, -0.1) is 0 Å². The number of carbonyl (C=O) groups is 1. The van der Waals surface area contributed by atoms with Crippen LogP contribution in [-0.2, 0) is 17.6 Å². The van der Waals surface area contributed by atoms with Gasteiger partial charge in [-0.1, -0.05) is 12.1 Å². The summed E-state index contributed by atoms with van der Waals surface area (Å²) >= 11 is 0. The van der Waals surface area contributed by atoms with Gasteiger partial charge in [0.1, 0.15) is 5.76 Å². The Morgan fingerprint density at radius 2 is 2.14 bits per heavy atom. The Balaban J connectivity index is 1.72. The molecule has 1 aliphatic carbocycles. The highest BCUT2D eigenvalue weighted by molar-refractivity contribution is 5.94. The molecule has 0 unspecified atom stereocenters. The van der Waals surface area contributed by atoms with Gasteiger partial charge in [0.2, 0.25) is 0 Å². The summed E-state index contributed by atoms with van der Waals surface area (Å²) in [4.78, 5) is 14.8. The smallest absolute Gasteiger partial charge is 0.276 e. The monoisotopic (exact) mass is 306 g/mol. The molecule has 0 N–H and O–H groups in total. The molecular weight excluding hydrogens is 280 g/mol. The van der Waals surface area contributed by atoms with Crippen molar-refractivity contribution in [2.24, 2.45) is 0 Å². The van der Waals surface area contributed by atoms with Crippen LogP contribution in [0.25, 0.3) is 0 Å². The highest BCUT2D eigenvalue weighted by Crippen LogP contribution is 2.25. The first-order valence-corrected chi connectivity index (χ1v) is 8.68. The van der Waals surface area contributed by atoms with E-state index in [4.69, 9.17) is 9.26 Å². The fourth-order valence-corrected chi connectivity index (χ4v) is 3.45. The summed E-state index contributed by atoms with van der Waals surface area (Å²) in [5, 5.41) is 4.09. The highest BCUT2D eigenvalue weighted by Gasteiger charge is 2.29. The van der Waals surface area contributed by atoms with Crippen LogP contribution >= 0.6 is 0 Å². The molecule has 0 radical (unpaired) electrons. The SMILES string of the molecule is CCCN(C[C@@H]1CCCCO1)C(=O)c1noc2c1CCCC2. The van der Waals surface area contributed by atoms with E-state index in [0.717, 1.165) is 69.4 Å². The minimum Gasteiger partial charge on any atom is -0.376 e. The molecule has 0 saturated carbocycles. The second-order valence-electron chi connectivity index (χ2n) is 6.38. The van der Waals surface area contributed by atoms with Gasteiger partial charge in [-0.2, -0.15) is 0 Å². The molecule has 0 aromatic carbocycles. The van der Waals surface area contributed by atoms with Crippen LogP contribution in [0.3, 0.4) is 0 Å². The van der Waals surface area contributed by atoms with Gasteiger partial charge in [0.25, 0.3) is 5.91 Å². The van der Waals surface area contributed by atoms with E-state index in [1.165, 1.54) is 6.42 Å². The first kappa shape index (κ1) is 15.5. The maximum absolute atomic E-state index is 12.9. The van der Waals surface area contributed by atoms with E-state index in [2.05, 4.69) is 12.1 Å². The molecule has 1 atom stereocenters. The lowest BCUT2D eigenvalue weighted by Gasteiger charge is -2.29. The van der Waals surface area contributed by atoms with Gasteiger partial charge < -0.3 is 14.2 Å². The third-order valence-corrected chi connectivity index (χ3v) is 4.63. The average Bonchev–Trinajstić information content (AvgIpc) is 2.99.